The predicted octanol–water partition coefficient (Wildman–Crippen LogP) is 2.67. The molecular formula is C16H21N3O. The van der Waals surface area contributed by atoms with Crippen LogP contribution in [0.3, 0.4) is 0 Å². The molecule has 2 N–H and O–H groups in total. The molecule has 0 aliphatic heterocycles. The maximum atomic E-state index is 5.95. The second-order valence-corrected chi connectivity index (χ2v) is 5.48. The number of ether oxygens (including phenoxy) is 1. The van der Waals surface area contributed by atoms with Gasteiger partial charge in [0.25, 0.3) is 0 Å². The molecule has 0 atom stereocenters. The quantitative estimate of drug-likeness (QED) is 0.909. The van der Waals surface area contributed by atoms with Crippen LogP contribution in [0.5, 0.6) is 5.75 Å². The first kappa shape index (κ1) is 13.0. The largest absolute Gasteiger partial charge is 0.497 e. The number of methoxy groups -OCH3 is 1. The van der Waals surface area contributed by atoms with E-state index in [0.29, 0.717) is 11.9 Å². The molecule has 1 aromatic heterocycles. The van der Waals surface area contributed by atoms with Crippen molar-refractivity contribution in [1.82, 2.24) is 9.55 Å². The number of hydrogen-bond donors (Lipinski definition) is 1. The summed E-state index contributed by atoms with van der Waals surface area (Å²) in [6, 6.07) is 8.23. The number of anilines is 1. The molecule has 3 rings (SSSR count). The van der Waals surface area contributed by atoms with Gasteiger partial charge in [0.15, 0.2) is 5.95 Å². The second-order valence-electron chi connectivity index (χ2n) is 5.48. The van der Waals surface area contributed by atoms with Crippen molar-refractivity contribution in [1.29, 1.82) is 0 Å². The summed E-state index contributed by atoms with van der Waals surface area (Å²) in [6.45, 7) is 0. The van der Waals surface area contributed by atoms with Crippen LogP contribution in [0.4, 0.5) is 5.95 Å². The lowest BCUT2D eigenvalue weighted by Crippen LogP contribution is -2.01. The van der Waals surface area contributed by atoms with Crippen LogP contribution < -0.4 is 10.5 Å². The molecule has 1 aliphatic rings. The first-order valence-corrected chi connectivity index (χ1v) is 7.13. The molecule has 0 unspecified atom stereocenters. The normalized spacial score (nSPS) is 14.5. The lowest BCUT2D eigenvalue weighted by Gasteiger charge is -2.05. The molecule has 20 heavy (non-hydrogen) atoms. The summed E-state index contributed by atoms with van der Waals surface area (Å²) in [6.07, 6.45) is 4.48. The molecule has 0 radical (unpaired) electrons. The number of rotatable bonds is 5. The van der Waals surface area contributed by atoms with E-state index < -0.39 is 0 Å². The molecule has 0 amide bonds. The fourth-order valence-corrected chi connectivity index (χ4v) is 2.69. The van der Waals surface area contributed by atoms with Gasteiger partial charge in [-0.25, -0.2) is 4.98 Å². The maximum Gasteiger partial charge on any atom is 0.200 e. The number of aryl methyl sites for hydroxylation is 2. The Hall–Kier alpha value is -1.97. The summed E-state index contributed by atoms with van der Waals surface area (Å²) in [5, 5.41) is 0. The summed E-state index contributed by atoms with van der Waals surface area (Å²) < 4.78 is 7.23. The number of hydrogen-bond acceptors (Lipinski definition) is 3. The molecular weight excluding hydrogens is 250 g/mol. The number of nitrogen functional groups attached to an aromatic ring is 1. The van der Waals surface area contributed by atoms with Crippen LogP contribution >= 0.6 is 0 Å². The minimum atomic E-state index is 0.636. The first-order chi connectivity index (χ1) is 9.69. The van der Waals surface area contributed by atoms with Crippen molar-refractivity contribution in [2.24, 2.45) is 7.05 Å². The van der Waals surface area contributed by atoms with Crippen LogP contribution in [0.1, 0.15) is 35.7 Å². The van der Waals surface area contributed by atoms with E-state index in [9.17, 15) is 0 Å². The lowest BCUT2D eigenvalue weighted by molar-refractivity contribution is 0.414. The van der Waals surface area contributed by atoms with Gasteiger partial charge < -0.3 is 15.0 Å². The topological polar surface area (TPSA) is 53.1 Å². The van der Waals surface area contributed by atoms with Crippen LogP contribution in [-0.2, 0) is 19.9 Å². The number of nitrogens with zero attached hydrogens (tertiary/aromatic N) is 2. The number of benzene rings is 1. The molecule has 4 heteroatoms. The summed E-state index contributed by atoms with van der Waals surface area (Å²) >= 11 is 0. The highest BCUT2D eigenvalue weighted by molar-refractivity contribution is 5.34. The Morgan fingerprint density at radius 2 is 1.95 bits per heavy atom. The molecule has 1 fully saturated rings. The van der Waals surface area contributed by atoms with Crippen molar-refractivity contribution < 1.29 is 4.74 Å². The van der Waals surface area contributed by atoms with Crippen LogP contribution in [0, 0.1) is 0 Å². The summed E-state index contributed by atoms with van der Waals surface area (Å²) in [7, 11) is 3.71. The van der Waals surface area contributed by atoms with E-state index >= 15 is 0 Å². The van der Waals surface area contributed by atoms with Crippen molar-refractivity contribution in [3.05, 3.63) is 41.2 Å². The van der Waals surface area contributed by atoms with E-state index in [-0.39, 0.29) is 0 Å². The Morgan fingerprint density at radius 1 is 1.25 bits per heavy atom. The highest BCUT2D eigenvalue weighted by Crippen LogP contribution is 2.42. The Bertz CT molecular complexity index is 597. The standard InChI is InChI=1S/C16H21N3O/c1-19-15(12-6-7-12)14(18-16(19)17)10-5-11-3-8-13(20-2)9-4-11/h3-4,8-9,12H,5-7,10H2,1-2H3,(H2,17,18). The summed E-state index contributed by atoms with van der Waals surface area (Å²) in [5.74, 6) is 2.21. The number of nitrogens with two attached hydrogens (primary N) is 1. The van der Waals surface area contributed by atoms with Gasteiger partial charge in [-0.15, -0.1) is 0 Å². The van der Waals surface area contributed by atoms with Gasteiger partial charge in [0.05, 0.1) is 12.8 Å². The molecule has 106 valence electrons. The first-order valence-electron chi connectivity index (χ1n) is 7.13. The van der Waals surface area contributed by atoms with E-state index in [1.54, 1.807) is 7.11 Å². The Morgan fingerprint density at radius 3 is 2.55 bits per heavy atom. The van der Waals surface area contributed by atoms with Crippen molar-refractivity contribution in [2.45, 2.75) is 31.6 Å². The van der Waals surface area contributed by atoms with Crippen LogP contribution in [0.2, 0.25) is 0 Å². The fraction of sp³-hybridized carbons (Fsp3) is 0.438. The number of aromatic nitrogens is 2. The van der Waals surface area contributed by atoms with E-state index in [4.69, 9.17) is 10.5 Å². The van der Waals surface area contributed by atoms with Gasteiger partial charge >= 0.3 is 0 Å². The molecule has 1 aromatic carbocycles. The minimum absolute atomic E-state index is 0.636. The third-order valence-corrected chi connectivity index (χ3v) is 4.02. The third-order valence-electron chi connectivity index (χ3n) is 4.02. The molecule has 1 saturated carbocycles. The van der Waals surface area contributed by atoms with Crippen molar-refractivity contribution >= 4 is 5.95 Å². The van der Waals surface area contributed by atoms with Crippen molar-refractivity contribution in [3.63, 3.8) is 0 Å². The smallest absolute Gasteiger partial charge is 0.200 e. The molecule has 1 heterocycles. The van der Waals surface area contributed by atoms with E-state index in [1.165, 1.54) is 29.8 Å². The average Bonchev–Trinajstić information content (AvgIpc) is 3.25. The van der Waals surface area contributed by atoms with E-state index in [0.717, 1.165) is 18.6 Å². The summed E-state index contributed by atoms with van der Waals surface area (Å²) in [5.41, 5.74) is 9.77. The predicted molar refractivity (Wildman–Crippen MR) is 80.0 cm³/mol. The highest BCUT2D eigenvalue weighted by Gasteiger charge is 2.30. The SMILES string of the molecule is COc1ccc(CCc2nc(N)n(C)c2C2CC2)cc1. The fourth-order valence-electron chi connectivity index (χ4n) is 2.69. The average molecular weight is 271 g/mol. The van der Waals surface area contributed by atoms with Gasteiger partial charge in [0, 0.05) is 18.7 Å². The third kappa shape index (κ3) is 2.50. The van der Waals surface area contributed by atoms with Gasteiger partial charge in [-0.1, -0.05) is 12.1 Å². The van der Waals surface area contributed by atoms with Crippen LogP contribution in [-0.4, -0.2) is 16.7 Å². The molecule has 0 spiro atoms. The van der Waals surface area contributed by atoms with E-state index in [2.05, 4.69) is 21.7 Å². The van der Waals surface area contributed by atoms with E-state index in [1.807, 2.05) is 19.2 Å². The molecule has 2 aromatic rings. The molecule has 0 saturated heterocycles. The van der Waals surface area contributed by atoms with Gasteiger partial charge in [0.2, 0.25) is 0 Å². The van der Waals surface area contributed by atoms with Gasteiger partial charge in [0.1, 0.15) is 5.75 Å². The van der Waals surface area contributed by atoms with Crippen molar-refractivity contribution in [3.8, 4) is 5.75 Å². The highest BCUT2D eigenvalue weighted by atomic mass is 16.5. The molecule has 4 nitrogen and oxygen atoms in total. The van der Waals surface area contributed by atoms with Crippen molar-refractivity contribution in [2.75, 3.05) is 12.8 Å². The maximum absolute atomic E-state index is 5.95. The minimum Gasteiger partial charge on any atom is -0.497 e. The monoisotopic (exact) mass is 271 g/mol. The molecule has 0 bridgehead atoms. The zero-order chi connectivity index (χ0) is 14.1. The lowest BCUT2D eigenvalue weighted by atomic mass is 10.1. The Labute approximate surface area is 119 Å². The summed E-state index contributed by atoms with van der Waals surface area (Å²) in [4.78, 5) is 4.54. The Kier molecular flexibility index (Phi) is 3.38. The van der Waals surface area contributed by atoms with Gasteiger partial charge in [-0.3, -0.25) is 0 Å². The second kappa shape index (κ2) is 5.19. The van der Waals surface area contributed by atoms with Crippen LogP contribution in [0.25, 0.3) is 0 Å². The number of imidazole rings is 1. The zero-order valence-corrected chi connectivity index (χ0v) is 12.1. The van der Waals surface area contributed by atoms with Gasteiger partial charge in [-0.2, -0.15) is 0 Å². The Balaban J connectivity index is 1.73. The van der Waals surface area contributed by atoms with Gasteiger partial charge in [-0.05, 0) is 43.4 Å². The zero-order valence-electron chi connectivity index (χ0n) is 12.1. The van der Waals surface area contributed by atoms with Crippen LogP contribution in [0.15, 0.2) is 24.3 Å². The molecule has 1 aliphatic carbocycles.